The van der Waals surface area contributed by atoms with Gasteiger partial charge in [-0.2, -0.15) is 0 Å². The van der Waals surface area contributed by atoms with Crippen LogP contribution in [0.2, 0.25) is 5.02 Å². The molecule has 1 saturated heterocycles. The topological polar surface area (TPSA) is 24.1 Å². The Morgan fingerprint density at radius 3 is 2.72 bits per heavy atom. The number of rotatable bonds is 5. The molecule has 0 amide bonds. The zero-order chi connectivity index (χ0) is 12.8. The maximum atomic E-state index is 5.93. The van der Waals surface area contributed by atoms with Gasteiger partial charge in [-0.25, -0.2) is 0 Å². The van der Waals surface area contributed by atoms with E-state index in [9.17, 15) is 0 Å². The van der Waals surface area contributed by atoms with Crippen molar-refractivity contribution in [3.63, 3.8) is 0 Å². The number of nitrogens with one attached hydrogen (secondary N) is 2. The minimum atomic E-state index is 0.436. The lowest BCUT2D eigenvalue weighted by Crippen LogP contribution is -2.42. The third-order valence-electron chi connectivity index (χ3n) is 3.70. The fraction of sp³-hybridized carbons (Fsp3) is 0.600. The van der Waals surface area contributed by atoms with Gasteiger partial charge in [-0.3, -0.25) is 0 Å². The highest BCUT2D eigenvalue weighted by Gasteiger charge is 2.15. The molecule has 0 aromatic heterocycles. The van der Waals surface area contributed by atoms with Crippen molar-refractivity contribution in [2.45, 2.75) is 44.7 Å². The van der Waals surface area contributed by atoms with E-state index in [1.807, 2.05) is 12.1 Å². The minimum Gasteiger partial charge on any atom is -0.313 e. The van der Waals surface area contributed by atoms with Crippen molar-refractivity contribution >= 4 is 11.6 Å². The molecule has 2 atom stereocenters. The molecule has 1 aliphatic heterocycles. The predicted molar refractivity (Wildman–Crippen MR) is 78.1 cm³/mol. The van der Waals surface area contributed by atoms with Crippen LogP contribution in [0.5, 0.6) is 0 Å². The van der Waals surface area contributed by atoms with Gasteiger partial charge in [0.2, 0.25) is 0 Å². The SMILES string of the molecule is CCC(NCC1CCCCN1)c1ccc(Cl)cc1. The van der Waals surface area contributed by atoms with Crippen LogP contribution in [0.4, 0.5) is 0 Å². The molecule has 1 aromatic rings. The van der Waals surface area contributed by atoms with Crippen molar-refractivity contribution in [2.24, 2.45) is 0 Å². The number of benzene rings is 1. The highest BCUT2D eigenvalue weighted by atomic mass is 35.5. The van der Waals surface area contributed by atoms with Gasteiger partial charge in [-0.15, -0.1) is 0 Å². The van der Waals surface area contributed by atoms with Gasteiger partial charge >= 0.3 is 0 Å². The lowest BCUT2D eigenvalue weighted by atomic mass is 10.0. The molecule has 3 heteroatoms. The van der Waals surface area contributed by atoms with Gasteiger partial charge in [-0.05, 0) is 43.5 Å². The molecule has 1 aliphatic rings. The van der Waals surface area contributed by atoms with E-state index in [1.54, 1.807) is 0 Å². The first-order chi connectivity index (χ1) is 8.79. The summed E-state index contributed by atoms with van der Waals surface area (Å²) in [6, 6.07) is 9.27. The second-order valence-corrected chi connectivity index (χ2v) is 5.50. The second kappa shape index (κ2) is 7.13. The summed E-state index contributed by atoms with van der Waals surface area (Å²) in [7, 11) is 0. The van der Waals surface area contributed by atoms with E-state index in [1.165, 1.54) is 31.4 Å². The average Bonchev–Trinajstić information content (AvgIpc) is 2.42. The molecule has 2 unspecified atom stereocenters. The van der Waals surface area contributed by atoms with Crippen LogP contribution in [0.3, 0.4) is 0 Å². The molecular formula is C15H23ClN2. The summed E-state index contributed by atoms with van der Waals surface area (Å²) >= 11 is 5.93. The monoisotopic (exact) mass is 266 g/mol. The van der Waals surface area contributed by atoms with Crippen LogP contribution in [-0.2, 0) is 0 Å². The predicted octanol–water partition coefficient (Wildman–Crippen LogP) is 3.52. The first-order valence-electron chi connectivity index (χ1n) is 7.02. The van der Waals surface area contributed by atoms with E-state index >= 15 is 0 Å². The van der Waals surface area contributed by atoms with Gasteiger partial charge in [-0.1, -0.05) is 37.1 Å². The molecule has 2 rings (SSSR count). The Morgan fingerprint density at radius 2 is 2.11 bits per heavy atom. The zero-order valence-electron chi connectivity index (χ0n) is 11.1. The third kappa shape index (κ3) is 3.98. The highest BCUT2D eigenvalue weighted by molar-refractivity contribution is 6.30. The summed E-state index contributed by atoms with van der Waals surface area (Å²) in [6.07, 6.45) is 5.08. The van der Waals surface area contributed by atoms with E-state index in [-0.39, 0.29) is 0 Å². The summed E-state index contributed by atoms with van der Waals surface area (Å²) < 4.78 is 0. The maximum Gasteiger partial charge on any atom is 0.0406 e. The number of hydrogen-bond donors (Lipinski definition) is 2. The van der Waals surface area contributed by atoms with Crippen LogP contribution < -0.4 is 10.6 Å². The van der Waals surface area contributed by atoms with Gasteiger partial charge in [0, 0.05) is 23.7 Å². The lowest BCUT2D eigenvalue weighted by molar-refractivity contribution is 0.364. The number of halogens is 1. The Kier molecular flexibility index (Phi) is 5.48. The van der Waals surface area contributed by atoms with E-state index < -0.39 is 0 Å². The summed E-state index contributed by atoms with van der Waals surface area (Å²) in [6.45, 7) is 4.45. The lowest BCUT2D eigenvalue weighted by Gasteiger charge is -2.26. The Bertz CT molecular complexity index is 344. The molecular weight excluding hydrogens is 244 g/mol. The van der Waals surface area contributed by atoms with E-state index in [2.05, 4.69) is 29.7 Å². The zero-order valence-corrected chi connectivity index (χ0v) is 11.8. The summed E-state index contributed by atoms with van der Waals surface area (Å²) in [4.78, 5) is 0. The molecule has 1 heterocycles. The Balaban J connectivity index is 1.86. The summed E-state index contributed by atoms with van der Waals surface area (Å²) in [5.41, 5.74) is 1.33. The van der Waals surface area contributed by atoms with Gasteiger partial charge in [0.25, 0.3) is 0 Å². The van der Waals surface area contributed by atoms with Gasteiger partial charge in [0.05, 0.1) is 0 Å². The minimum absolute atomic E-state index is 0.436. The molecule has 2 N–H and O–H groups in total. The maximum absolute atomic E-state index is 5.93. The first kappa shape index (κ1) is 13.9. The Morgan fingerprint density at radius 1 is 1.33 bits per heavy atom. The molecule has 0 spiro atoms. The van der Waals surface area contributed by atoms with Crippen molar-refractivity contribution in [1.29, 1.82) is 0 Å². The smallest absolute Gasteiger partial charge is 0.0406 e. The van der Waals surface area contributed by atoms with E-state index in [0.717, 1.165) is 18.0 Å². The molecule has 18 heavy (non-hydrogen) atoms. The van der Waals surface area contributed by atoms with E-state index in [0.29, 0.717) is 12.1 Å². The van der Waals surface area contributed by atoms with Gasteiger partial charge in [0.1, 0.15) is 0 Å². The van der Waals surface area contributed by atoms with Crippen molar-refractivity contribution in [2.75, 3.05) is 13.1 Å². The molecule has 0 saturated carbocycles. The third-order valence-corrected chi connectivity index (χ3v) is 3.96. The van der Waals surface area contributed by atoms with Crippen LogP contribution in [-0.4, -0.2) is 19.1 Å². The van der Waals surface area contributed by atoms with Crippen molar-refractivity contribution < 1.29 is 0 Å². The van der Waals surface area contributed by atoms with Crippen molar-refractivity contribution in [1.82, 2.24) is 10.6 Å². The quantitative estimate of drug-likeness (QED) is 0.852. The fourth-order valence-electron chi connectivity index (χ4n) is 2.58. The van der Waals surface area contributed by atoms with Gasteiger partial charge < -0.3 is 10.6 Å². The average molecular weight is 267 g/mol. The molecule has 0 radical (unpaired) electrons. The van der Waals surface area contributed by atoms with Crippen molar-refractivity contribution in [3.8, 4) is 0 Å². The van der Waals surface area contributed by atoms with Gasteiger partial charge in [0.15, 0.2) is 0 Å². The Hall–Kier alpha value is -0.570. The Labute approximate surface area is 115 Å². The standard InChI is InChI=1S/C15H23ClN2/c1-2-15(12-6-8-13(16)9-7-12)18-11-14-5-3-4-10-17-14/h6-9,14-15,17-18H,2-5,10-11H2,1H3. The second-order valence-electron chi connectivity index (χ2n) is 5.07. The molecule has 100 valence electrons. The van der Waals surface area contributed by atoms with Crippen molar-refractivity contribution in [3.05, 3.63) is 34.9 Å². The number of hydrogen-bond acceptors (Lipinski definition) is 2. The molecule has 2 nitrogen and oxygen atoms in total. The van der Waals surface area contributed by atoms with Crippen LogP contribution in [0, 0.1) is 0 Å². The van der Waals surface area contributed by atoms with Crippen LogP contribution in [0.15, 0.2) is 24.3 Å². The highest BCUT2D eigenvalue weighted by Crippen LogP contribution is 2.19. The van der Waals surface area contributed by atoms with E-state index in [4.69, 9.17) is 11.6 Å². The van der Waals surface area contributed by atoms with Crippen LogP contribution in [0.25, 0.3) is 0 Å². The van der Waals surface area contributed by atoms with Crippen LogP contribution in [0.1, 0.15) is 44.2 Å². The molecule has 0 aliphatic carbocycles. The fourth-order valence-corrected chi connectivity index (χ4v) is 2.70. The normalized spacial score (nSPS) is 21.8. The summed E-state index contributed by atoms with van der Waals surface area (Å²) in [5, 5.41) is 8.05. The largest absolute Gasteiger partial charge is 0.313 e. The summed E-state index contributed by atoms with van der Waals surface area (Å²) in [5.74, 6) is 0. The number of piperidine rings is 1. The van der Waals surface area contributed by atoms with Crippen LogP contribution >= 0.6 is 11.6 Å². The molecule has 1 fully saturated rings. The first-order valence-corrected chi connectivity index (χ1v) is 7.39. The molecule has 1 aromatic carbocycles. The molecule has 0 bridgehead atoms.